The first-order valence-electron chi connectivity index (χ1n) is 9.60. The number of hydrogen-bond acceptors (Lipinski definition) is 5. The molecular formula is C22H26N4O3. The third-order valence-corrected chi connectivity index (χ3v) is 4.69. The van der Waals surface area contributed by atoms with E-state index < -0.39 is 0 Å². The zero-order valence-electron chi connectivity index (χ0n) is 16.7. The smallest absolute Gasteiger partial charge is 0.258 e. The SMILES string of the molecule is COCCN(CC(=O)N[C@@H](C)c1ccccc1)Cc1nc2ccccc2c(=O)[nH]1. The number of hydrogen-bond donors (Lipinski definition) is 2. The molecule has 7 nitrogen and oxygen atoms in total. The Labute approximate surface area is 169 Å². The highest BCUT2D eigenvalue weighted by Crippen LogP contribution is 2.11. The van der Waals surface area contributed by atoms with Crippen molar-refractivity contribution in [1.29, 1.82) is 0 Å². The third-order valence-electron chi connectivity index (χ3n) is 4.69. The number of carbonyl (C=O) groups is 1. The molecule has 3 rings (SSSR count). The van der Waals surface area contributed by atoms with Gasteiger partial charge in [0, 0.05) is 13.7 Å². The summed E-state index contributed by atoms with van der Waals surface area (Å²) in [5, 5.41) is 3.57. The lowest BCUT2D eigenvalue weighted by molar-refractivity contribution is -0.123. The average molecular weight is 394 g/mol. The van der Waals surface area contributed by atoms with E-state index in [4.69, 9.17) is 4.74 Å². The summed E-state index contributed by atoms with van der Waals surface area (Å²) in [6, 6.07) is 16.9. The van der Waals surface area contributed by atoms with Gasteiger partial charge in [-0.3, -0.25) is 14.5 Å². The lowest BCUT2D eigenvalue weighted by Crippen LogP contribution is -2.40. The highest BCUT2D eigenvalue weighted by Gasteiger charge is 2.16. The van der Waals surface area contributed by atoms with Crippen molar-refractivity contribution in [1.82, 2.24) is 20.2 Å². The Bertz CT molecular complexity index is 1000. The van der Waals surface area contributed by atoms with Crippen molar-refractivity contribution in [2.24, 2.45) is 0 Å². The molecule has 3 aromatic rings. The van der Waals surface area contributed by atoms with E-state index in [-0.39, 0.29) is 24.1 Å². The van der Waals surface area contributed by atoms with Crippen LogP contribution in [0.3, 0.4) is 0 Å². The number of H-pyrrole nitrogens is 1. The molecule has 0 aliphatic carbocycles. The monoisotopic (exact) mass is 394 g/mol. The van der Waals surface area contributed by atoms with Crippen molar-refractivity contribution in [2.75, 3.05) is 26.8 Å². The molecule has 0 fully saturated rings. The minimum absolute atomic E-state index is 0.0911. The summed E-state index contributed by atoms with van der Waals surface area (Å²) in [6.45, 7) is 3.49. The number of aromatic nitrogens is 2. The lowest BCUT2D eigenvalue weighted by Gasteiger charge is -2.22. The van der Waals surface area contributed by atoms with Gasteiger partial charge in [0.1, 0.15) is 5.82 Å². The number of ether oxygens (including phenoxy) is 1. The Hall–Kier alpha value is -3.03. The van der Waals surface area contributed by atoms with Crippen LogP contribution in [0.2, 0.25) is 0 Å². The maximum absolute atomic E-state index is 12.6. The summed E-state index contributed by atoms with van der Waals surface area (Å²) in [6.07, 6.45) is 0. The number of carbonyl (C=O) groups excluding carboxylic acids is 1. The number of para-hydroxylation sites is 1. The predicted octanol–water partition coefficient (Wildman–Crippen LogP) is 2.25. The molecule has 0 spiro atoms. The molecule has 1 heterocycles. The van der Waals surface area contributed by atoms with Crippen molar-refractivity contribution in [3.05, 3.63) is 76.3 Å². The number of benzene rings is 2. The molecule has 1 atom stereocenters. The summed E-state index contributed by atoms with van der Waals surface area (Å²) in [5.74, 6) is 0.425. The van der Waals surface area contributed by atoms with Gasteiger partial charge in [0.2, 0.25) is 5.91 Å². The molecule has 0 aliphatic rings. The molecule has 152 valence electrons. The highest BCUT2D eigenvalue weighted by molar-refractivity contribution is 5.78. The zero-order chi connectivity index (χ0) is 20.6. The number of rotatable bonds is 9. The number of amides is 1. The van der Waals surface area contributed by atoms with Crippen LogP contribution in [0.15, 0.2) is 59.4 Å². The van der Waals surface area contributed by atoms with Gasteiger partial charge in [-0.15, -0.1) is 0 Å². The largest absolute Gasteiger partial charge is 0.383 e. The van der Waals surface area contributed by atoms with Crippen LogP contribution in [0.4, 0.5) is 0 Å². The van der Waals surface area contributed by atoms with Gasteiger partial charge in [-0.2, -0.15) is 0 Å². The number of nitrogens with zero attached hydrogens (tertiary/aromatic N) is 2. The number of methoxy groups -OCH3 is 1. The third kappa shape index (κ3) is 5.73. The van der Waals surface area contributed by atoms with Crippen LogP contribution >= 0.6 is 0 Å². The van der Waals surface area contributed by atoms with E-state index in [9.17, 15) is 9.59 Å². The second-order valence-electron chi connectivity index (χ2n) is 6.93. The topological polar surface area (TPSA) is 87.3 Å². The summed E-state index contributed by atoms with van der Waals surface area (Å²) in [7, 11) is 1.62. The van der Waals surface area contributed by atoms with Gasteiger partial charge in [-0.25, -0.2) is 4.98 Å². The summed E-state index contributed by atoms with van der Waals surface area (Å²) in [4.78, 5) is 34.1. The van der Waals surface area contributed by atoms with Crippen LogP contribution in [0.25, 0.3) is 10.9 Å². The highest BCUT2D eigenvalue weighted by atomic mass is 16.5. The molecule has 1 amide bonds. The van der Waals surface area contributed by atoms with Gasteiger partial charge in [0.25, 0.3) is 5.56 Å². The van der Waals surface area contributed by atoms with Gasteiger partial charge in [0.05, 0.1) is 36.6 Å². The normalized spacial score (nSPS) is 12.2. The minimum atomic E-state index is -0.181. The van der Waals surface area contributed by atoms with E-state index in [0.717, 1.165) is 5.56 Å². The Morgan fingerprint density at radius 3 is 2.66 bits per heavy atom. The van der Waals surface area contributed by atoms with Crippen LogP contribution in [0, 0.1) is 0 Å². The van der Waals surface area contributed by atoms with E-state index in [1.807, 2.05) is 60.4 Å². The number of aromatic amines is 1. The molecule has 2 N–H and O–H groups in total. The van der Waals surface area contributed by atoms with Crippen molar-refractivity contribution < 1.29 is 9.53 Å². The minimum Gasteiger partial charge on any atom is -0.383 e. The molecule has 1 aromatic heterocycles. The maximum atomic E-state index is 12.6. The first-order chi connectivity index (χ1) is 14.1. The first kappa shape index (κ1) is 20.7. The van der Waals surface area contributed by atoms with E-state index in [1.54, 1.807) is 13.2 Å². The predicted molar refractivity (Wildman–Crippen MR) is 113 cm³/mol. The number of nitrogens with one attached hydrogen (secondary N) is 2. The average Bonchev–Trinajstić information content (AvgIpc) is 2.72. The molecule has 7 heteroatoms. The first-order valence-corrected chi connectivity index (χ1v) is 9.60. The zero-order valence-corrected chi connectivity index (χ0v) is 16.7. The van der Waals surface area contributed by atoms with Crippen LogP contribution in [-0.2, 0) is 16.1 Å². The quantitative estimate of drug-likeness (QED) is 0.581. The second kappa shape index (κ2) is 9.95. The van der Waals surface area contributed by atoms with Gasteiger partial charge in [0.15, 0.2) is 0 Å². The van der Waals surface area contributed by atoms with E-state index >= 15 is 0 Å². The molecule has 0 bridgehead atoms. The van der Waals surface area contributed by atoms with Crippen LogP contribution in [0.5, 0.6) is 0 Å². The van der Waals surface area contributed by atoms with E-state index in [1.165, 1.54) is 0 Å². The fourth-order valence-corrected chi connectivity index (χ4v) is 3.17. The van der Waals surface area contributed by atoms with Crippen LogP contribution < -0.4 is 10.9 Å². The van der Waals surface area contributed by atoms with Crippen LogP contribution in [0.1, 0.15) is 24.4 Å². The molecular weight excluding hydrogens is 368 g/mol. The summed E-state index contributed by atoms with van der Waals surface area (Å²) >= 11 is 0. The molecule has 2 aromatic carbocycles. The fourth-order valence-electron chi connectivity index (χ4n) is 3.17. The van der Waals surface area contributed by atoms with E-state index in [0.29, 0.717) is 36.4 Å². The maximum Gasteiger partial charge on any atom is 0.258 e. The van der Waals surface area contributed by atoms with Crippen molar-refractivity contribution in [2.45, 2.75) is 19.5 Å². The van der Waals surface area contributed by atoms with Crippen molar-refractivity contribution in [3.63, 3.8) is 0 Å². The molecule has 29 heavy (non-hydrogen) atoms. The van der Waals surface area contributed by atoms with Gasteiger partial charge >= 0.3 is 0 Å². The van der Waals surface area contributed by atoms with Gasteiger partial charge < -0.3 is 15.0 Å². The Balaban J connectivity index is 1.69. The van der Waals surface area contributed by atoms with Crippen molar-refractivity contribution in [3.8, 4) is 0 Å². The van der Waals surface area contributed by atoms with E-state index in [2.05, 4.69) is 15.3 Å². The second-order valence-corrected chi connectivity index (χ2v) is 6.93. The summed E-state index contributed by atoms with van der Waals surface area (Å²) in [5.41, 5.74) is 1.50. The lowest BCUT2D eigenvalue weighted by atomic mass is 10.1. The van der Waals surface area contributed by atoms with Gasteiger partial charge in [-0.05, 0) is 24.6 Å². The fraction of sp³-hybridized carbons (Fsp3) is 0.318. The molecule has 0 radical (unpaired) electrons. The molecule has 0 aliphatic heterocycles. The standard InChI is InChI=1S/C22H26N4O3/c1-16(17-8-4-3-5-9-17)23-21(27)15-26(12-13-29-2)14-20-24-19-11-7-6-10-18(19)22(28)25-20/h3-11,16H,12-15H2,1-2H3,(H,23,27)(H,24,25,28)/t16-/m0/s1. The van der Waals surface area contributed by atoms with Crippen molar-refractivity contribution >= 4 is 16.8 Å². The molecule has 0 unspecified atom stereocenters. The Kier molecular flexibility index (Phi) is 7.10. The Morgan fingerprint density at radius 1 is 1.17 bits per heavy atom. The Morgan fingerprint density at radius 2 is 1.90 bits per heavy atom. The number of fused-ring (bicyclic) bond motifs is 1. The summed E-state index contributed by atoms with van der Waals surface area (Å²) < 4.78 is 5.17. The molecule has 0 saturated carbocycles. The molecule has 0 saturated heterocycles. The van der Waals surface area contributed by atoms with Crippen LogP contribution in [-0.4, -0.2) is 47.6 Å². The van der Waals surface area contributed by atoms with Gasteiger partial charge in [-0.1, -0.05) is 42.5 Å².